The van der Waals surface area contributed by atoms with Gasteiger partial charge in [-0.25, -0.2) is 0 Å². The molecule has 2 N–H and O–H groups in total. The lowest BCUT2D eigenvalue weighted by atomic mass is 10.3. The molecule has 2 aromatic heterocycles. The molecule has 114 valence electrons. The van der Waals surface area contributed by atoms with Crippen molar-refractivity contribution in [3.05, 3.63) is 24.2 Å². The predicted octanol–water partition coefficient (Wildman–Crippen LogP) is 2.01. The Balaban J connectivity index is 2.05. The van der Waals surface area contributed by atoms with Crippen LogP contribution in [0, 0.1) is 0 Å². The van der Waals surface area contributed by atoms with Crippen LogP contribution in [0.4, 0.5) is 17.8 Å². The Kier molecular flexibility index (Phi) is 5.36. The van der Waals surface area contributed by atoms with Crippen LogP contribution in [-0.2, 0) is 6.42 Å². The molecule has 2 rings (SSSR count). The number of anilines is 3. The third-order valence-corrected chi connectivity index (χ3v) is 3.13. The van der Waals surface area contributed by atoms with Crippen LogP contribution in [0.3, 0.4) is 0 Å². The molecular weight excluding hydrogens is 268 g/mol. The summed E-state index contributed by atoms with van der Waals surface area (Å²) in [6.07, 6.45) is 2.46. The molecule has 0 aliphatic heterocycles. The highest BCUT2D eigenvalue weighted by Gasteiger charge is 2.10. The summed E-state index contributed by atoms with van der Waals surface area (Å²) in [4.78, 5) is 15.3. The van der Waals surface area contributed by atoms with Gasteiger partial charge in [-0.2, -0.15) is 15.0 Å². The lowest BCUT2D eigenvalue weighted by Crippen LogP contribution is -2.25. The number of nitrogens with one attached hydrogen (secondary N) is 2. The fraction of sp³-hybridized carbons (Fsp3) is 0.500. The van der Waals surface area contributed by atoms with Crippen molar-refractivity contribution in [2.45, 2.75) is 20.3 Å². The maximum absolute atomic E-state index is 5.30. The second kappa shape index (κ2) is 7.47. The molecule has 2 aromatic rings. The average molecular weight is 290 g/mol. The Labute approximate surface area is 124 Å². The van der Waals surface area contributed by atoms with Crippen LogP contribution < -0.4 is 15.5 Å². The summed E-state index contributed by atoms with van der Waals surface area (Å²) in [5, 5.41) is 6.18. The monoisotopic (exact) mass is 290 g/mol. The molecule has 7 nitrogen and oxygen atoms in total. The molecule has 0 amide bonds. The fourth-order valence-corrected chi connectivity index (χ4v) is 1.96. The summed E-state index contributed by atoms with van der Waals surface area (Å²) in [7, 11) is 1.80. The van der Waals surface area contributed by atoms with Crippen LogP contribution in [0.25, 0.3) is 0 Å². The molecule has 0 saturated heterocycles. The molecule has 0 atom stereocenters. The Hall–Kier alpha value is -2.31. The largest absolute Gasteiger partial charge is 0.469 e. The number of nitrogens with zero attached hydrogens (tertiary/aromatic N) is 4. The van der Waals surface area contributed by atoms with Gasteiger partial charge in [-0.05, 0) is 26.0 Å². The first kappa shape index (κ1) is 15.1. The zero-order valence-electron chi connectivity index (χ0n) is 12.8. The summed E-state index contributed by atoms with van der Waals surface area (Å²) < 4.78 is 5.30. The lowest BCUT2D eigenvalue weighted by Gasteiger charge is -2.19. The van der Waals surface area contributed by atoms with E-state index >= 15 is 0 Å². The first-order chi connectivity index (χ1) is 10.3. The molecule has 21 heavy (non-hydrogen) atoms. The first-order valence-corrected chi connectivity index (χ1v) is 7.21. The van der Waals surface area contributed by atoms with Crippen LogP contribution in [0.1, 0.15) is 19.6 Å². The van der Waals surface area contributed by atoms with E-state index in [1.807, 2.05) is 12.1 Å². The van der Waals surface area contributed by atoms with Gasteiger partial charge in [0.15, 0.2) is 0 Å². The van der Waals surface area contributed by atoms with E-state index in [2.05, 4.69) is 44.3 Å². The number of aromatic nitrogens is 3. The zero-order valence-corrected chi connectivity index (χ0v) is 12.8. The minimum atomic E-state index is 0.562. The second-order valence-electron chi connectivity index (χ2n) is 4.46. The molecule has 0 unspecified atom stereocenters. The molecule has 2 heterocycles. The second-order valence-corrected chi connectivity index (χ2v) is 4.46. The number of rotatable bonds is 8. The highest BCUT2D eigenvalue weighted by molar-refractivity contribution is 5.43. The molecular formula is C14H22N6O. The number of hydrogen-bond donors (Lipinski definition) is 2. The van der Waals surface area contributed by atoms with E-state index in [0.29, 0.717) is 24.4 Å². The van der Waals surface area contributed by atoms with E-state index in [9.17, 15) is 0 Å². The molecule has 0 bridgehead atoms. The van der Waals surface area contributed by atoms with Gasteiger partial charge in [0.2, 0.25) is 17.8 Å². The van der Waals surface area contributed by atoms with Crippen molar-refractivity contribution in [2.75, 3.05) is 42.2 Å². The normalized spacial score (nSPS) is 10.4. The third-order valence-electron chi connectivity index (χ3n) is 3.13. The summed E-state index contributed by atoms with van der Waals surface area (Å²) in [6, 6.07) is 3.84. The first-order valence-electron chi connectivity index (χ1n) is 7.21. The standard InChI is InChI=1S/C14H22N6O/c1-4-20(5-2)14-18-12(15-3)17-13(19-14)16-9-8-11-7-6-10-21-11/h6-7,10H,4-5,8-9H2,1-3H3,(H2,15,16,17,18,19). The van der Waals surface area contributed by atoms with Gasteiger partial charge >= 0.3 is 0 Å². The minimum Gasteiger partial charge on any atom is -0.469 e. The summed E-state index contributed by atoms with van der Waals surface area (Å²) in [5.74, 6) is 2.75. The van der Waals surface area contributed by atoms with Crippen LogP contribution >= 0.6 is 0 Å². The van der Waals surface area contributed by atoms with E-state index < -0.39 is 0 Å². The van der Waals surface area contributed by atoms with Crippen molar-refractivity contribution in [1.82, 2.24) is 15.0 Å². The minimum absolute atomic E-state index is 0.562. The van der Waals surface area contributed by atoms with Crippen molar-refractivity contribution in [2.24, 2.45) is 0 Å². The van der Waals surface area contributed by atoms with Crippen molar-refractivity contribution in [3.8, 4) is 0 Å². The average Bonchev–Trinajstić information content (AvgIpc) is 3.01. The number of furan rings is 1. The maximum Gasteiger partial charge on any atom is 0.231 e. The van der Waals surface area contributed by atoms with Crippen LogP contribution in [0.2, 0.25) is 0 Å². The molecule has 7 heteroatoms. The van der Waals surface area contributed by atoms with Gasteiger partial charge in [0.05, 0.1) is 6.26 Å². The maximum atomic E-state index is 5.30. The predicted molar refractivity (Wildman–Crippen MR) is 83.8 cm³/mol. The van der Waals surface area contributed by atoms with Gasteiger partial charge in [-0.3, -0.25) is 0 Å². The molecule has 0 spiro atoms. The molecule has 0 aliphatic rings. The van der Waals surface area contributed by atoms with Crippen LogP contribution in [0.5, 0.6) is 0 Å². The smallest absolute Gasteiger partial charge is 0.231 e. The third kappa shape index (κ3) is 4.08. The Bertz CT molecular complexity index is 538. The Morgan fingerprint density at radius 2 is 1.90 bits per heavy atom. The van der Waals surface area contributed by atoms with Gasteiger partial charge in [0.25, 0.3) is 0 Å². The van der Waals surface area contributed by atoms with E-state index in [1.165, 1.54) is 0 Å². The topological polar surface area (TPSA) is 79.1 Å². The van der Waals surface area contributed by atoms with E-state index in [1.54, 1.807) is 13.3 Å². The molecule has 0 radical (unpaired) electrons. The zero-order chi connectivity index (χ0) is 15.1. The van der Waals surface area contributed by atoms with Gasteiger partial charge in [0.1, 0.15) is 5.76 Å². The number of hydrogen-bond acceptors (Lipinski definition) is 7. The Morgan fingerprint density at radius 3 is 2.52 bits per heavy atom. The van der Waals surface area contributed by atoms with Gasteiger partial charge in [-0.15, -0.1) is 0 Å². The van der Waals surface area contributed by atoms with Crippen molar-refractivity contribution in [1.29, 1.82) is 0 Å². The van der Waals surface area contributed by atoms with E-state index in [4.69, 9.17) is 4.42 Å². The van der Waals surface area contributed by atoms with Crippen molar-refractivity contribution >= 4 is 17.8 Å². The SMILES string of the molecule is CCN(CC)c1nc(NC)nc(NCCc2ccco2)n1. The lowest BCUT2D eigenvalue weighted by molar-refractivity contribution is 0.512. The van der Waals surface area contributed by atoms with E-state index in [-0.39, 0.29) is 0 Å². The van der Waals surface area contributed by atoms with Crippen LogP contribution in [-0.4, -0.2) is 41.6 Å². The van der Waals surface area contributed by atoms with Gasteiger partial charge in [0, 0.05) is 33.1 Å². The van der Waals surface area contributed by atoms with Crippen molar-refractivity contribution in [3.63, 3.8) is 0 Å². The quantitative estimate of drug-likeness (QED) is 0.769. The highest BCUT2D eigenvalue weighted by Crippen LogP contribution is 2.13. The fourth-order valence-electron chi connectivity index (χ4n) is 1.96. The molecule has 0 aliphatic carbocycles. The van der Waals surface area contributed by atoms with Gasteiger partial charge < -0.3 is 20.0 Å². The summed E-state index contributed by atoms with van der Waals surface area (Å²) in [5.41, 5.74) is 0. The van der Waals surface area contributed by atoms with Crippen molar-refractivity contribution < 1.29 is 4.42 Å². The Morgan fingerprint density at radius 1 is 1.14 bits per heavy atom. The van der Waals surface area contributed by atoms with Gasteiger partial charge in [-0.1, -0.05) is 0 Å². The van der Waals surface area contributed by atoms with Crippen LogP contribution in [0.15, 0.2) is 22.8 Å². The molecule has 0 saturated carbocycles. The summed E-state index contributed by atoms with van der Waals surface area (Å²) in [6.45, 7) is 6.58. The molecule has 0 aromatic carbocycles. The van der Waals surface area contributed by atoms with E-state index in [0.717, 1.165) is 25.3 Å². The highest BCUT2D eigenvalue weighted by atomic mass is 16.3. The summed E-state index contributed by atoms with van der Waals surface area (Å²) >= 11 is 0. The molecule has 0 fully saturated rings.